The molecule has 1 rings (SSSR count). The van der Waals surface area contributed by atoms with Gasteiger partial charge >= 0.3 is 0 Å². The van der Waals surface area contributed by atoms with Crippen LogP contribution in [0.15, 0.2) is 54.3 Å². The maximum atomic E-state index is 9.57. The van der Waals surface area contributed by atoms with Crippen LogP contribution >= 0.6 is 0 Å². The number of rotatable bonds is 8. The molecule has 0 aliphatic carbocycles. The zero-order valence-corrected chi connectivity index (χ0v) is 14.1. The van der Waals surface area contributed by atoms with Gasteiger partial charge in [-0.1, -0.05) is 49.4 Å². The average Bonchev–Trinajstić information content (AvgIpc) is 2.52. The van der Waals surface area contributed by atoms with Gasteiger partial charge in [0.05, 0.1) is 18.9 Å². The molecular weight excluding hydrogens is 274 g/mol. The molecule has 0 heterocycles. The van der Waals surface area contributed by atoms with Gasteiger partial charge in [-0.3, -0.25) is 4.99 Å². The maximum Gasteiger partial charge on any atom is 0.129 e. The number of aliphatic imine (C=N–C) groups is 1. The van der Waals surface area contributed by atoms with Gasteiger partial charge in [0, 0.05) is 12.0 Å². The summed E-state index contributed by atoms with van der Waals surface area (Å²) in [6, 6.07) is 8.33. The number of aliphatic hydroxyl groups is 1. The molecule has 2 unspecified atom stereocenters. The predicted octanol–water partition coefficient (Wildman–Crippen LogP) is 3.81. The minimum Gasteiger partial charge on any atom is -0.496 e. The Hall–Kier alpha value is -1.87. The average molecular weight is 301 g/mol. The molecule has 0 fully saturated rings. The summed E-state index contributed by atoms with van der Waals surface area (Å²) >= 11 is 0. The highest BCUT2D eigenvalue weighted by Crippen LogP contribution is 2.41. The van der Waals surface area contributed by atoms with E-state index in [2.05, 4.69) is 56.3 Å². The standard InChI is InChI=1S/C19H27NO2/c1-7-19(5,20-14-16(3)22-6)18(4,12-13-21)17-10-8-15(2)9-11-17/h7-11,14,21H,1,3,12-13H2,2,4-6H3/b20-14+. The van der Waals surface area contributed by atoms with Gasteiger partial charge in [0.1, 0.15) is 5.76 Å². The second-order valence-corrected chi connectivity index (χ2v) is 5.95. The number of nitrogens with zero attached hydrogens (tertiary/aromatic N) is 1. The van der Waals surface area contributed by atoms with E-state index in [9.17, 15) is 5.11 Å². The first-order valence-electron chi connectivity index (χ1n) is 7.42. The van der Waals surface area contributed by atoms with E-state index in [1.54, 1.807) is 13.3 Å². The number of hydrogen-bond acceptors (Lipinski definition) is 3. The largest absolute Gasteiger partial charge is 0.496 e. The zero-order valence-electron chi connectivity index (χ0n) is 14.1. The lowest BCUT2D eigenvalue weighted by Crippen LogP contribution is -2.45. The van der Waals surface area contributed by atoms with Crippen molar-refractivity contribution in [2.75, 3.05) is 13.7 Å². The van der Waals surface area contributed by atoms with Crippen molar-refractivity contribution >= 4 is 6.21 Å². The molecule has 0 bridgehead atoms. The van der Waals surface area contributed by atoms with Gasteiger partial charge in [-0.25, -0.2) is 0 Å². The summed E-state index contributed by atoms with van der Waals surface area (Å²) in [5.74, 6) is 0.489. The second kappa shape index (κ2) is 7.41. The number of allylic oxidation sites excluding steroid dienone is 1. The van der Waals surface area contributed by atoms with Crippen molar-refractivity contribution < 1.29 is 9.84 Å². The lowest BCUT2D eigenvalue weighted by molar-refractivity contribution is 0.205. The Labute approximate surface area is 134 Å². The minimum absolute atomic E-state index is 0.0779. The van der Waals surface area contributed by atoms with Crippen molar-refractivity contribution in [1.29, 1.82) is 0 Å². The molecule has 0 radical (unpaired) electrons. The zero-order chi connectivity index (χ0) is 16.8. The van der Waals surface area contributed by atoms with Crippen LogP contribution in [0.5, 0.6) is 0 Å². The van der Waals surface area contributed by atoms with Crippen molar-refractivity contribution in [2.24, 2.45) is 4.99 Å². The molecule has 3 heteroatoms. The minimum atomic E-state index is -0.591. The van der Waals surface area contributed by atoms with Crippen LogP contribution in [0.25, 0.3) is 0 Å². The molecule has 0 saturated heterocycles. The molecule has 0 amide bonds. The van der Waals surface area contributed by atoms with E-state index in [4.69, 9.17) is 4.74 Å². The van der Waals surface area contributed by atoms with Crippen LogP contribution in [0.4, 0.5) is 0 Å². The van der Waals surface area contributed by atoms with Crippen molar-refractivity contribution in [3.8, 4) is 0 Å². The molecule has 2 atom stereocenters. The number of ether oxygens (including phenoxy) is 1. The number of aryl methyl sites for hydroxylation is 1. The van der Waals surface area contributed by atoms with Crippen molar-refractivity contribution in [3.63, 3.8) is 0 Å². The Morgan fingerprint density at radius 3 is 2.36 bits per heavy atom. The molecular formula is C19H27NO2. The monoisotopic (exact) mass is 301 g/mol. The second-order valence-electron chi connectivity index (χ2n) is 5.95. The molecule has 1 aromatic rings. The molecule has 0 aromatic heterocycles. The van der Waals surface area contributed by atoms with Crippen LogP contribution < -0.4 is 0 Å². The van der Waals surface area contributed by atoms with Crippen LogP contribution in [0.1, 0.15) is 31.4 Å². The fourth-order valence-electron chi connectivity index (χ4n) is 2.51. The number of aliphatic hydroxyl groups excluding tert-OH is 1. The van der Waals surface area contributed by atoms with E-state index in [0.717, 1.165) is 5.56 Å². The van der Waals surface area contributed by atoms with E-state index in [1.807, 2.05) is 13.0 Å². The fraction of sp³-hybridized carbons (Fsp3) is 0.421. The van der Waals surface area contributed by atoms with Crippen molar-refractivity contribution in [3.05, 3.63) is 60.4 Å². The van der Waals surface area contributed by atoms with Crippen molar-refractivity contribution in [1.82, 2.24) is 0 Å². The summed E-state index contributed by atoms with van der Waals surface area (Å²) in [6.07, 6.45) is 4.02. The third-order valence-electron chi connectivity index (χ3n) is 4.55. The van der Waals surface area contributed by atoms with E-state index in [-0.39, 0.29) is 12.0 Å². The van der Waals surface area contributed by atoms with Gasteiger partial charge in [0.15, 0.2) is 0 Å². The number of methoxy groups -OCH3 is 1. The first kappa shape index (κ1) is 18.2. The van der Waals surface area contributed by atoms with E-state index >= 15 is 0 Å². The lowest BCUT2D eigenvalue weighted by atomic mass is 9.65. The Morgan fingerprint density at radius 2 is 1.91 bits per heavy atom. The number of benzene rings is 1. The highest BCUT2D eigenvalue weighted by Gasteiger charge is 2.43. The molecule has 120 valence electrons. The molecule has 0 aliphatic heterocycles. The van der Waals surface area contributed by atoms with Gasteiger partial charge < -0.3 is 9.84 Å². The molecule has 0 spiro atoms. The van der Waals surface area contributed by atoms with Crippen LogP contribution in [-0.4, -0.2) is 30.6 Å². The van der Waals surface area contributed by atoms with E-state index < -0.39 is 5.54 Å². The Morgan fingerprint density at radius 1 is 1.32 bits per heavy atom. The first-order valence-corrected chi connectivity index (χ1v) is 7.42. The lowest BCUT2D eigenvalue weighted by Gasteiger charge is -2.42. The van der Waals surface area contributed by atoms with Crippen LogP contribution in [-0.2, 0) is 10.2 Å². The normalized spacial score (nSPS) is 16.8. The van der Waals surface area contributed by atoms with Crippen molar-refractivity contribution in [2.45, 2.75) is 38.1 Å². The van der Waals surface area contributed by atoms with Gasteiger partial charge in [-0.15, -0.1) is 6.58 Å². The fourth-order valence-corrected chi connectivity index (χ4v) is 2.51. The SMILES string of the molecule is C=CC(C)(/N=C/C(=C)OC)C(C)(CCO)c1ccc(C)cc1. The third kappa shape index (κ3) is 3.66. The van der Waals surface area contributed by atoms with Crippen LogP contribution in [0, 0.1) is 6.92 Å². The number of hydrogen-bond donors (Lipinski definition) is 1. The Kier molecular flexibility index (Phi) is 6.12. The van der Waals surface area contributed by atoms with Crippen LogP contribution in [0.3, 0.4) is 0 Å². The van der Waals surface area contributed by atoms with E-state index in [0.29, 0.717) is 12.2 Å². The van der Waals surface area contributed by atoms with E-state index in [1.165, 1.54) is 5.56 Å². The topological polar surface area (TPSA) is 41.8 Å². The van der Waals surface area contributed by atoms with Gasteiger partial charge in [0.25, 0.3) is 0 Å². The summed E-state index contributed by atoms with van der Waals surface area (Å²) in [6.45, 7) is 14.0. The summed E-state index contributed by atoms with van der Waals surface area (Å²) in [4.78, 5) is 4.66. The quantitative estimate of drug-likeness (QED) is 0.451. The maximum absolute atomic E-state index is 9.57. The molecule has 1 aromatic carbocycles. The van der Waals surface area contributed by atoms with Crippen LogP contribution in [0.2, 0.25) is 0 Å². The van der Waals surface area contributed by atoms with Gasteiger partial charge in [-0.2, -0.15) is 0 Å². The molecule has 1 N–H and O–H groups in total. The highest BCUT2D eigenvalue weighted by molar-refractivity contribution is 5.75. The van der Waals surface area contributed by atoms with Gasteiger partial charge in [-0.05, 0) is 25.8 Å². The Balaban J connectivity index is 3.35. The first-order chi connectivity index (χ1) is 10.3. The predicted molar refractivity (Wildman–Crippen MR) is 93.5 cm³/mol. The smallest absolute Gasteiger partial charge is 0.129 e. The molecule has 22 heavy (non-hydrogen) atoms. The summed E-state index contributed by atoms with van der Waals surface area (Å²) in [5, 5.41) is 9.57. The van der Waals surface area contributed by atoms with Gasteiger partial charge in [0.2, 0.25) is 0 Å². The molecule has 0 aliphatic rings. The summed E-state index contributed by atoms with van der Waals surface area (Å²) in [7, 11) is 1.56. The Bertz CT molecular complexity index is 547. The molecule has 0 saturated carbocycles. The molecule has 3 nitrogen and oxygen atoms in total. The highest BCUT2D eigenvalue weighted by atomic mass is 16.5. The third-order valence-corrected chi connectivity index (χ3v) is 4.55. The summed E-state index contributed by atoms with van der Waals surface area (Å²) < 4.78 is 5.06. The summed E-state index contributed by atoms with van der Waals surface area (Å²) in [5.41, 5.74) is 1.34.